The summed E-state index contributed by atoms with van der Waals surface area (Å²) >= 11 is 12.4. The first kappa shape index (κ1) is 14.6. The van der Waals surface area contributed by atoms with Crippen molar-refractivity contribution in [3.05, 3.63) is 88.4 Å². The molecule has 0 N–H and O–H groups in total. The minimum atomic E-state index is -1.10. The molecule has 1 unspecified atom stereocenters. The van der Waals surface area contributed by atoms with Crippen molar-refractivity contribution < 1.29 is 0 Å². The summed E-state index contributed by atoms with van der Waals surface area (Å²) in [7, 11) is 0. The van der Waals surface area contributed by atoms with Gasteiger partial charge in [-0.2, -0.15) is 5.26 Å². The highest BCUT2D eigenvalue weighted by molar-refractivity contribution is 6.35. The third-order valence-electron chi connectivity index (χ3n) is 3.57. The fraction of sp³-hybridized carbons (Fsp3) is 0.0588. The zero-order chi connectivity index (χ0) is 15.6. The fourth-order valence-electron chi connectivity index (χ4n) is 2.55. The molecule has 0 bridgehead atoms. The summed E-state index contributed by atoms with van der Waals surface area (Å²) in [6.45, 7) is 0. The van der Waals surface area contributed by atoms with Gasteiger partial charge in [0.15, 0.2) is 5.54 Å². The maximum Gasteiger partial charge on any atom is 0.185 e. The van der Waals surface area contributed by atoms with Gasteiger partial charge in [-0.15, -0.1) is 0 Å². The summed E-state index contributed by atoms with van der Waals surface area (Å²) < 4.78 is 1.75. The van der Waals surface area contributed by atoms with Gasteiger partial charge in [-0.3, -0.25) is 0 Å². The number of hydrogen-bond donors (Lipinski definition) is 0. The van der Waals surface area contributed by atoms with Crippen LogP contribution in [0.25, 0.3) is 0 Å². The lowest BCUT2D eigenvalue weighted by molar-refractivity contribution is 0.548. The average Bonchev–Trinajstić information content (AvgIpc) is 3.06. The van der Waals surface area contributed by atoms with Gasteiger partial charge in [0.1, 0.15) is 6.07 Å². The molecule has 0 saturated carbocycles. The molecule has 0 aliphatic heterocycles. The lowest BCUT2D eigenvalue weighted by Crippen LogP contribution is -2.34. The molecule has 1 aromatic heterocycles. The fourth-order valence-corrected chi connectivity index (χ4v) is 3.09. The molecule has 0 radical (unpaired) electrons. The number of hydrogen-bond acceptors (Lipinski definition) is 2. The topological polar surface area (TPSA) is 41.6 Å². The first-order chi connectivity index (χ1) is 10.7. The smallest absolute Gasteiger partial charge is 0.185 e. The van der Waals surface area contributed by atoms with E-state index in [1.54, 1.807) is 41.5 Å². The summed E-state index contributed by atoms with van der Waals surface area (Å²) in [6, 6.07) is 17.0. The molecule has 22 heavy (non-hydrogen) atoms. The molecule has 108 valence electrons. The minimum Gasteiger partial charge on any atom is -0.311 e. The molecule has 2 aromatic carbocycles. The second kappa shape index (κ2) is 5.84. The van der Waals surface area contributed by atoms with E-state index in [4.69, 9.17) is 23.2 Å². The van der Waals surface area contributed by atoms with Crippen molar-refractivity contribution in [1.82, 2.24) is 9.55 Å². The molecule has 3 nitrogen and oxygen atoms in total. The average molecular weight is 328 g/mol. The summed E-state index contributed by atoms with van der Waals surface area (Å²) in [4.78, 5) is 4.08. The maximum atomic E-state index is 10.1. The summed E-state index contributed by atoms with van der Waals surface area (Å²) in [6.07, 6.45) is 5.00. The van der Waals surface area contributed by atoms with Crippen molar-refractivity contribution in [2.24, 2.45) is 0 Å². The quantitative estimate of drug-likeness (QED) is 0.710. The van der Waals surface area contributed by atoms with Crippen LogP contribution in [0.2, 0.25) is 10.0 Å². The van der Waals surface area contributed by atoms with Crippen LogP contribution in [-0.2, 0) is 5.54 Å². The Morgan fingerprint density at radius 2 is 1.86 bits per heavy atom. The van der Waals surface area contributed by atoms with Crippen LogP contribution in [0.1, 0.15) is 11.1 Å². The predicted octanol–water partition coefficient (Wildman–Crippen LogP) is 4.51. The van der Waals surface area contributed by atoms with E-state index in [0.717, 1.165) is 5.56 Å². The zero-order valence-electron chi connectivity index (χ0n) is 11.4. The number of nitrogens with zero attached hydrogens (tertiary/aromatic N) is 3. The molecule has 3 aromatic rings. The SMILES string of the molecule is N#CC(c1ccccc1)(c1ccc(Cl)cc1Cl)n1ccnc1. The molecule has 0 spiro atoms. The van der Waals surface area contributed by atoms with Crippen molar-refractivity contribution in [3.8, 4) is 6.07 Å². The van der Waals surface area contributed by atoms with Gasteiger partial charge in [0, 0.05) is 28.0 Å². The summed E-state index contributed by atoms with van der Waals surface area (Å²) in [5, 5.41) is 11.0. The van der Waals surface area contributed by atoms with Gasteiger partial charge >= 0.3 is 0 Å². The van der Waals surface area contributed by atoms with Crippen LogP contribution in [-0.4, -0.2) is 9.55 Å². The largest absolute Gasteiger partial charge is 0.311 e. The Bertz CT molecular complexity index is 823. The Labute approximate surface area is 138 Å². The standard InChI is InChI=1S/C17H11Cl2N3/c18-14-6-7-15(16(19)10-14)17(11-20,22-9-8-21-12-22)13-4-2-1-3-5-13/h1-10,12H. The van der Waals surface area contributed by atoms with Gasteiger partial charge in [-0.1, -0.05) is 59.6 Å². The van der Waals surface area contributed by atoms with Crippen LogP contribution in [0.5, 0.6) is 0 Å². The third kappa shape index (κ3) is 2.27. The van der Waals surface area contributed by atoms with Crippen molar-refractivity contribution in [2.45, 2.75) is 5.54 Å². The van der Waals surface area contributed by atoms with Crippen LogP contribution in [0.3, 0.4) is 0 Å². The number of rotatable bonds is 3. The maximum absolute atomic E-state index is 10.1. The number of halogens is 2. The highest BCUT2D eigenvalue weighted by Gasteiger charge is 2.38. The highest BCUT2D eigenvalue weighted by atomic mass is 35.5. The predicted molar refractivity (Wildman–Crippen MR) is 86.9 cm³/mol. The van der Waals surface area contributed by atoms with Crippen LogP contribution in [0.4, 0.5) is 0 Å². The van der Waals surface area contributed by atoms with Crippen molar-refractivity contribution in [2.75, 3.05) is 0 Å². The van der Waals surface area contributed by atoms with Crippen molar-refractivity contribution in [3.63, 3.8) is 0 Å². The zero-order valence-corrected chi connectivity index (χ0v) is 13.0. The van der Waals surface area contributed by atoms with Crippen molar-refractivity contribution >= 4 is 23.2 Å². The highest BCUT2D eigenvalue weighted by Crippen LogP contribution is 2.38. The van der Waals surface area contributed by atoms with Crippen LogP contribution in [0.15, 0.2) is 67.3 Å². The van der Waals surface area contributed by atoms with Gasteiger partial charge in [0.05, 0.1) is 6.33 Å². The van der Waals surface area contributed by atoms with E-state index in [2.05, 4.69) is 11.1 Å². The van der Waals surface area contributed by atoms with Gasteiger partial charge in [-0.25, -0.2) is 4.98 Å². The lowest BCUT2D eigenvalue weighted by atomic mass is 9.83. The molecule has 5 heteroatoms. The molecule has 3 rings (SSSR count). The molecule has 0 amide bonds. The van der Waals surface area contributed by atoms with E-state index < -0.39 is 5.54 Å². The van der Waals surface area contributed by atoms with Gasteiger partial charge < -0.3 is 4.57 Å². The van der Waals surface area contributed by atoms with Gasteiger partial charge in [0.2, 0.25) is 0 Å². The van der Waals surface area contributed by atoms with E-state index >= 15 is 0 Å². The monoisotopic (exact) mass is 327 g/mol. The normalized spacial score (nSPS) is 13.3. The lowest BCUT2D eigenvalue weighted by Gasteiger charge is -2.30. The minimum absolute atomic E-state index is 0.437. The number of imidazole rings is 1. The first-order valence-corrected chi connectivity index (χ1v) is 7.35. The van der Waals surface area contributed by atoms with Crippen LogP contribution < -0.4 is 0 Å². The third-order valence-corrected chi connectivity index (χ3v) is 4.11. The molecule has 1 heterocycles. The molecule has 0 saturated heterocycles. The van der Waals surface area contributed by atoms with Gasteiger partial charge in [-0.05, 0) is 17.7 Å². The van der Waals surface area contributed by atoms with E-state index in [1.807, 2.05) is 30.3 Å². The van der Waals surface area contributed by atoms with Gasteiger partial charge in [0.25, 0.3) is 0 Å². The second-order valence-electron chi connectivity index (χ2n) is 4.78. The van der Waals surface area contributed by atoms with E-state index in [9.17, 15) is 5.26 Å². The van der Waals surface area contributed by atoms with Crippen LogP contribution >= 0.6 is 23.2 Å². The number of benzene rings is 2. The Morgan fingerprint density at radius 3 is 2.45 bits per heavy atom. The second-order valence-corrected chi connectivity index (χ2v) is 5.63. The molecule has 1 atom stereocenters. The van der Waals surface area contributed by atoms with Crippen LogP contribution in [0, 0.1) is 11.3 Å². The first-order valence-electron chi connectivity index (χ1n) is 6.59. The van der Waals surface area contributed by atoms with E-state index in [1.165, 1.54) is 0 Å². The van der Waals surface area contributed by atoms with E-state index in [-0.39, 0.29) is 0 Å². The molecule has 0 aliphatic carbocycles. The molecular formula is C17H11Cl2N3. The number of nitriles is 1. The Balaban J connectivity index is 2.35. The van der Waals surface area contributed by atoms with Crippen molar-refractivity contribution in [1.29, 1.82) is 5.26 Å². The Morgan fingerprint density at radius 1 is 1.09 bits per heavy atom. The van der Waals surface area contributed by atoms with E-state index in [0.29, 0.717) is 15.6 Å². The summed E-state index contributed by atoms with van der Waals surface area (Å²) in [5.41, 5.74) is 0.365. The molecule has 0 fully saturated rings. The summed E-state index contributed by atoms with van der Waals surface area (Å²) in [5.74, 6) is 0. The Hall–Kier alpha value is -2.28. The molecule has 0 aliphatic rings. The number of aromatic nitrogens is 2. The molecular weight excluding hydrogens is 317 g/mol. The Kier molecular flexibility index (Phi) is 3.89.